The summed E-state index contributed by atoms with van der Waals surface area (Å²) in [5.74, 6) is 0. The van der Waals surface area contributed by atoms with E-state index in [9.17, 15) is 0 Å². The first-order chi connectivity index (χ1) is 8.58. The van der Waals surface area contributed by atoms with Crippen molar-refractivity contribution < 1.29 is 26.1 Å². The van der Waals surface area contributed by atoms with Crippen molar-refractivity contribution in [2.24, 2.45) is 0 Å². The van der Waals surface area contributed by atoms with Crippen molar-refractivity contribution in [3.05, 3.63) is 38.1 Å². The van der Waals surface area contributed by atoms with Gasteiger partial charge >= 0.3 is 0 Å². The molecule has 7 heteroatoms. The van der Waals surface area contributed by atoms with Gasteiger partial charge in [0.25, 0.3) is 0 Å². The minimum atomic E-state index is 0. The molecule has 0 saturated heterocycles. The normalized spacial score (nSPS) is 14.5. The first-order valence-electron chi connectivity index (χ1n) is 4.99. The fraction of sp³-hybridized carbons (Fsp3) is 0.333. The van der Waals surface area contributed by atoms with E-state index in [1.165, 1.54) is 0 Å². The maximum atomic E-state index is 7.75. The number of carbonyl (C=O) groups excluding carboxylic acids is 2. The van der Waals surface area contributed by atoms with E-state index in [0.717, 1.165) is 0 Å². The summed E-state index contributed by atoms with van der Waals surface area (Å²) in [5, 5.41) is 0. The zero-order valence-electron chi connectivity index (χ0n) is 11.5. The van der Waals surface area contributed by atoms with Crippen LogP contribution in [0.25, 0.3) is 0 Å². The van der Waals surface area contributed by atoms with Crippen molar-refractivity contribution in [2.45, 2.75) is 0 Å². The molecule has 0 amide bonds. The van der Waals surface area contributed by atoms with E-state index in [2.05, 4.69) is 13.6 Å². The van der Waals surface area contributed by atoms with Crippen LogP contribution in [-0.4, -0.2) is 61.4 Å². The van der Waals surface area contributed by atoms with E-state index < -0.39 is 0 Å². The van der Waals surface area contributed by atoms with Crippen molar-refractivity contribution in [1.29, 1.82) is 0 Å². The molecule has 19 heavy (non-hydrogen) atoms. The Morgan fingerprint density at radius 3 is 0.842 bits per heavy atom. The van der Waals surface area contributed by atoms with E-state index in [1.807, 2.05) is 85.9 Å². The molecule has 0 aromatic carbocycles. The maximum Gasteiger partial charge on any atom is 0 e. The summed E-state index contributed by atoms with van der Waals surface area (Å²) >= 11 is 0. The summed E-state index contributed by atoms with van der Waals surface area (Å²) in [4.78, 5) is 23.5. The predicted molar refractivity (Wildman–Crippen MR) is 71.4 cm³/mol. The molecule has 2 rings (SSSR count). The van der Waals surface area contributed by atoms with E-state index in [4.69, 9.17) is 9.59 Å². The van der Waals surface area contributed by atoms with Crippen molar-refractivity contribution in [2.75, 3.05) is 28.2 Å². The molecule has 0 atom stereocenters. The summed E-state index contributed by atoms with van der Waals surface area (Å²) in [6.45, 7) is 10.5. The molecule has 0 aromatic rings. The van der Waals surface area contributed by atoms with E-state index in [-0.39, 0.29) is 16.5 Å². The molecular weight excluding hydrogens is 291 g/mol. The summed E-state index contributed by atoms with van der Waals surface area (Å²) in [6, 6.07) is 0. The quantitative estimate of drug-likeness (QED) is 0.366. The average molecular weight is 311 g/mol. The Morgan fingerprint density at radius 1 is 0.632 bits per heavy atom. The zero-order valence-corrected chi connectivity index (χ0v) is 12.5. The topological polar surface area (TPSA) is 47.1 Å². The molecule has 0 radical (unpaired) electrons. The molecule has 0 saturated carbocycles. The van der Waals surface area contributed by atoms with Crippen LogP contribution in [0.2, 0.25) is 0 Å². The van der Waals surface area contributed by atoms with E-state index in [1.54, 1.807) is 0 Å². The first-order valence-corrected chi connectivity index (χ1v) is 4.99. The van der Waals surface area contributed by atoms with Gasteiger partial charge in [0.2, 0.25) is 0 Å². The van der Waals surface area contributed by atoms with Gasteiger partial charge in [-0.2, -0.15) is 13.3 Å². The molecule has 114 valence electrons. The Kier molecular flexibility index (Phi) is 17.4. The molecule has 0 N–H and O–H groups in total. The molecule has 0 aliphatic carbocycles. The Labute approximate surface area is 126 Å². The van der Waals surface area contributed by atoms with Gasteiger partial charge in [0, 0.05) is 16.5 Å². The Morgan fingerprint density at radius 2 is 0.789 bits per heavy atom. The van der Waals surface area contributed by atoms with Crippen LogP contribution in [0.5, 0.6) is 0 Å². The fourth-order valence-corrected chi connectivity index (χ4v) is 1.15. The number of hydrogen-bond donors (Lipinski definition) is 0. The maximum absolute atomic E-state index is 7.75. The largest absolute Gasteiger partial charge is 0.545 e. The zero-order chi connectivity index (χ0) is 14.6. The van der Waals surface area contributed by atoms with Gasteiger partial charge in [0.15, 0.2) is 0 Å². The van der Waals surface area contributed by atoms with Crippen LogP contribution in [-0.2, 0) is 26.1 Å². The van der Waals surface area contributed by atoms with E-state index in [0.29, 0.717) is 0 Å². The van der Waals surface area contributed by atoms with Gasteiger partial charge in [0.1, 0.15) is 0 Å². The monoisotopic (exact) mass is 310 g/mol. The molecule has 0 unspecified atom stereocenters. The third-order valence-electron chi connectivity index (χ3n) is 1.80. The van der Waals surface area contributed by atoms with Crippen LogP contribution < -0.4 is 0 Å². The standard InChI is InChI=1S/2C5H9N2.2CHO.Ni/c2*1-6-3-4-7(2)5-6;2*1-2;/h2*3-5H,1-2H3;2*1H;/q4*-1;. The van der Waals surface area contributed by atoms with Gasteiger partial charge < -0.3 is 29.2 Å². The molecule has 0 spiro atoms. The molecule has 0 bridgehead atoms. The van der Waals surface area contributed by atoms with Gasteiger partial charge in [-0.1, -0.05) is 0 Å². The van der Waals surface area contributed by atoms with Gasteiger partial charge in [-0.3, -0.25) is 13.6 Å². The minimum Gasteiger partial charge on any atom is -0.545 e. The predicted octanol–water partition coefficient (Wildman–Crippen LogP) is 0.357. The minimum absolute atomic E-state index is 0. The Hall–Kier alpha value is -1.49. The third kappa shape index (κ3) is 12.8. The van der Waals surface area contributed by atoms with Crippen molar-refractivity contribution >= 4 is 13.6 Å². The summed E-state index contributed by atoms with van der Waals surface area (Å²) in [6.07, 6.45) is 8.00. The third-order valence-corrected chi connectivity index (χ3v) is 1.80. The Bertz CT molecular complexity index is 218. The van der Waals surface area contributed by atoms with Crippen LogP contribution in [0, 0.1) is 13.3 Å². The first kappa shape index (κ1) is 22.7. The number of rotatable bonds is 0. The fourth-order valence-electron chi connectivity index (χ4n) is 1.15. The number of nitrogens with zero attached hydrogens (tertiary/aromatic N) is 4. The molecule has 6 nitrogen and oxygen atoms in total. The van der Waals surface area contributed by atoms with Crippen LogP contribution in [0.15, 0.2) is 24.8 Å². The molecule has 2 heterocycles. The summed E-state index contributed by atoms with van der Waals surface area (Å²) in [5.41, 5.74) is 0. The van der Waals surface area contributed by atoms with Gasteiger partial charge in [-0.05, 0) is 53.0 Å². The molecule has 2 aliphatic rings. The van der Waals surface area contributed by atoms with Crippen molar-refractivity contribution in [1.82, 2.24) is 19.6 Å². The van der Waals surface area contributed by atoms with Gasteiger partial charge in [0.05, 0.1) is 0 Å². The average Bonchev–Trinajstić information content (AvgIpc) is 2.93. The van der Waals surface area contributed by atoms with E-state index >= 15 is 0 Å². The Balaban J connectivity index is -0.000000205. The second-order valence-electron chi connectivity index (χ2n) is 3.49. The van der Waals surface area contributed by atoms with Gasteiger partial charge in [-0.25, -0.2) is 0 Å². The SMILES string of the molecule is CN1C=CN(C)[CH-]1.CN1C=CN(C)[CH-]1.[CH-]=O.[CH-]=O.[Ni]. The molecular formula is C12H20N4NiO2-4. The summed E-state index contributed by atoms with van der Waals surface area (Å²) in [7, 11) is 8.00. The molecule has 2 aliphatic heterocycles. The van der Waals surface area contributed by atoms with Crippen LogP contribution in [0.3, 0.4) is 0 Å². The van der Waals surface area contributed by atoms with Crippen LogP contribution >= 0.6 is 0 Å². The molecule has 0 fully saturated rings. The second kappa shape index (κ2) is 14.6. The summed E-state index contributed by atoms with van der Waals surface area (Å²) < 4.78 is 0. The second-order valence-corrected chi connectivity index (χ2v) is 3.49. The number of hydrogen-bond acceptors (Lipinski definition) is 6. The van der Waals surface area contributed by atoms with Gasteiger partial charge in [-0.15, -0.1) is 0 Å². The van der Waals surface area contributed by atoms with Crippen molar-refractivity contribution in [3.63, 3.8) is 0 Å². The van der Waals surface area contributed by atoms with Crippen LogP contribution in [0.1, 0.15) is 0 Å². The molecule has 0 aromatic heterocycles. The smallest absolute Gasteiger partial charge is 0 e. The van der Waals surface area contributed by atoms with Crippen LogP contribution in [0.4, 0.5) is 0 Å². The van der Waals surface area contributed by atoms with Crippen molar-refractivity contribution in [3.8, 4) is 0 Å².